The average molecular weight is 205 g/mol. The average Bonchev–Trinajstić information content (AvgIpc) is 2.60. The number of carbonyl (C=O) groups is 1. The molecule has 2 rings (SSSR count). The molecule has 0 aliphatic rings. The first kappa shape index (κ1) is 9.64. The molecular formula is C10H11N3O2. The highest BCUT2D eigenvalue weighted by atomic mass is 16.5. The number of nitrogens with zero attached hydrogens (tertiary/aromatic N) is 2. The Bertz CT molecular complexity index is 531. The van der Waals surface area contributed by atoms with E-state index in [-0.39, 0.29) is 5.69 Å². The van der Waals surface area contributed by atoms with Crippen LogP contribution in [0.15, 0.2) is 10.6 Å². The van der Waals surface area contributed by atoms with Crippen LogP contribution < -0.4 is 5.73 Å². The lowest BCUT2D eigenvalue weighted by Gasteiger charge is -1.98. The third-order valence-electron chi connectivity index (χ3n) is 2.30. The molecule has 0 bridgehead atoms. The zero-order chi connectivity index (χ0) is 11.0. The van der Waals surface area contributed by atoms with Crippen LogP contribution in [-0.4, -0.2) is 16.0 Å². The van der Waals surface area contributed by atoms with Gasteiger partial charge >= 0.3 is 0 Å². The van der Waals surface area contributed by atoms with Crippen molar-refractivity contribution >= 4 is 17.0 Å². The van der Waals surface area contributed by atoms with Crippen molar-refractivity contribution < 1.29 is 9.32 Å². The molecule has 0 saturated carbocycles. The molecule has 5 nitrogen and oxygen atoms in total. The van der Waals surface area contributed by atoms with Crippen molar-refractivity contribution in [3.8, 4) is 0 Å². The molecule has 5 heteroatoms. The lowest BCUT2D eigenvalue weighted by molar-refractivity contribution is 0.0995. The summed E-state index contributed by atoms with van der Waals surface area (Å²) < 4.78 is 5.04. The van der Waals surface area contributed by atoms with Crippen LogP contribution in [0.3, 0.4) is 0 Å². The fourth-order valence-electron chi connectivity index (χ4n) is 1.57. The fourth-order valence-corrected chi connectivity index (χ4v) is 1.57. The predicted molar refractivity (Wildman–Crippen MR) is 54.4 cm³/mol. The van der Waals surface area contributed by atoms with E-state index in [0.717, 1.165) is 23.1 Å². The molecule has 0 aliphatic carbocycles. The zero-order valence-corrected chi connectivity index (χ0v) is 8.57. The number of nitrogens with two attached hydrogens (primary N) is 1. The van der Waals surface area contributed by atoms with Gasteiger partial charge in [-0.3, -0.25) is 4.79 Å². The molecule has 0 atom stereocenters. The molecule has 0 aliphatic heterocycles. The van der Waals surface area contributed by atoms with Crippen LogP contribution in [0.1, 0.15) is 28.7 Å². The van der Waals surface area contributed by atoms with E-state index in [2.05, 4.69) is 10.1 Å². The summed E-state index contributed by atoms with van der Waals surface area (Å²) in [4.78, 5) is 15.0. The quantitative estimate of drug-likeness (QED) is 0.798. The minimum Gasteiger partial charge on any atom is -0.364 e. The van der Waals surface area contributed by atoms with Crippen LogP contribution in [0.4, 0.5) is 0 Å². The molecule has 0 spiro atoms. The number of rotatable bonds is 2. The van der Waals surface area contributed by atoms with Crippen LogP contribution >= 0.6 is 0 Å². The summed E-state index contributed by atoms with van der Waals surface area (Å²) >= 11 is 0. The second-order valence-corrected chi connectivity index (χ2v) is 3.35. The van der Waals surface area contributed by atoms with Crippen molar-refractivity contribution in [1.82, 2.24) is 10.1 Å². The summed E-state index contributed by atoms with van der Waals surface area (Å²) in [5.74, 6) is -0.561. The maximum absolute atomic E-state index is 11.0. The molecule has 1 amide bonds. The first-order valence-corrected chi connectivity index (χ1v) is 4.69. The summed E-state index contributed by atoms with van der Waals surface area (Å²) in [6, 6.07) is 1.65. The summed E-state index contributed by atoms with van der Waals surface area (Å²) in [6.07, 6.45) is 0.769. The van der Waals surface area contributed by atoms with Gasteiger partial charge in [0, 0.05) is 0 Å². The molecule has 0 fully saturated rings. The van der Waals surface area contributed by atoms with Crippen LogP contribution in [-0.2, 0) is 6.42 Å². The number of hydrogen-bond acceptors (Lipinski definition) is 4. The van der Waals surface area contributed by atoms with Gasteiger partial charge in [0.1, 0.15) is 5.69 Å². The number of hydrogen-bond donors (Lipinski definition) is 1. The lowest BCUT2D eigenvalue weighted by atomic mass is 10.1. The third-order valence-corrected chi connectivity index (χ3v) is 2.30. The Morgan fingerprint density at radius 3 is 2.93 bits per heavy atom. The number of pyridine rings is 1. The number of carbonyl (C=O) groups excluding carboxylic acids is 1. The van der Waals surface area contributed by atoms with Crippen molar-refractivity contribution in [3.05, 3.63) is 23.0 Å². The third kappa shape index (κ3) is 1.45. The largest absolute Gasteiger partial charge is 0.364 e. The molecule has 0 aromatic carbocycles. The first-order valence-electron chi connectivity index (χ1n) is 4.69. The fraction of sp³-hybridized carbons (Fsp3) is 0.300. The molecule has 0 saturated heterocycles. The summed E-state index contributed by atoms with van der Waals surface area (Å²) in [6.45, 7) is 3.87. The molecular weight excluding hydrogens is 194 g/mol. The second-order valence-electron chi connectivity index (χ2n) is 3.35. The first-order chi connectivity index (χ1) is 7.13. The summed E-state index contributed by atoms with van der Waals surface area (Å²) in [5.41, 5.74) is 7.49. The van der Waals surface area contributed by atoms with E-state index in [1.165, 1.54) is 0 Å². The van der Waals surface area contributed by atoms with Gasteiger partial charge < -0.3 is 10.3 Å². The number of amides is 1. The van der Waals surface area contributed by atoms with Gasteiger partial charge in [0.15, 0.2) is 0 Å². The number of primary amides is 1. The number of aromatic nitrogens is 2. The van der Waals surface area contributed by atoms with Crippen LogP contribution in [0.2, 0.25) is 0 Å². The highest BCUT2D eigenvalue weighted by molar-refractivity contribution is 5.94. The smallest absolute Gasteiger partial charge is 0.267 e. The van der Waals surface area contributed by atoms with Gasteiger partial charge in [0.2, 0.25) is 0 Å². The van der Waals surface area contributed by atoms with Gasteiger partial charge in [-0.15, -0.1) is 0 Å². The number of fused-ring (bicyclic) bond motifs is 1. The minimum absolute atomic E-state index is 0.207. The van der Waals surface area contributed by atoms with Gasteiger partial charge in [0.25, 0.3) is 11.6 Å². The van der Waals surface area contributed by atoms with Crippen LogP contribution in [0.5, 0.6) is 0 Å². The molecule has 2 N–H and O–H groups in total. The van der Waals surface area contributed by atoms with Crippen molar-refractivity contribution in [3.63, 3.8) is 0 Å². The summed E-state index contributed by atoms with van der Waals surface area (Å²) in [5, 5.41) is 4.76. The monoisotopic (exact) mass is 205 g/mol. The second kappa shape index (κ2) is 3.34. The van der Waals surface area contributed by atoms with E-state index >= 15 is 0 Å². The van der Waals surface area contributed by atoms with E-state index in [1.54, 1.807) is 6.07 Å². The predicted octanol–water partition coefficient (Wildman–Crippen LogP) is 1.19. The SMILES string of the molecule is CCc1noc2nc(C(N)=O)cc(C)c12. The van der Waals surface area contributed by atoms with Gasteiger partial charge in [0.05, 0.1) is 11.1 Å². The molecule has 2 aromatic rings. The topological polar surface area (TPSA) is 82.0 Å². The molecule has 78 valence electrons. The van der Waals surface area contributed by atoms with E-state index in [0.29, 0.717) is 5.71 Å². The zero-order valence-electron chi connectivity index (χ0n) is 8.57. The highest BCUT2D eigenvalue weighted by Gasteiger charge is 2.14. The Morgan fingerprint density at radius 2 is 2.33 bits per heavy atom. The summed E-state index contributed by atoms with van der Waals surface area (Å²) in [7, 11) is 0. The van der Waals surface area contributed by atoms with E-state index in [1.807, 2.05) is 13.8 Å². The Balaban J connectivity index is 2.74. The maximum Gasteiger partial charge on any atom is 0.267 e. The Kier molecular flexibility index (Phi) is 2.15. The Hall–Kier alpha value is -1.91. The van der Waals surface area contributed by atoms with Crippen LogP contribution in [0, 0.1) is 6.92 Å². The molecule has 0 radical (unpaired) electrons. The number of aryl methyl sites for hydroxylation is 2. The molecule has 2 heterocycles. The van der Waals surface area contributed by atoms with Crippen molar-refractivity contribution in [2.75, 3.05) is 0 Å². The molecule has 2 aromatic heterocycles. The van der Waals surface area contributed by atoms with E-state index in [4.69, 9.17) is 10.3 Å². The standard InChI is InChI=1S/C10H11N3O2/c1-3-6-8-5(2)4-7(9(11)14)12-10(8)15-13-6/h4H,3H2,1-2H3,(H2,11,14). The van der Waals surface area contributed by atoms with Gasteiger partial charge in [-0.1, -0.05) is 12.1 Å². The van der Waals surface area contributed by atoms with E-state index in [9.17, 15) is 4.79 Å². The maximum atomic E-state index is 11.0. The van der Waals surface area contributed by atoms with E-state index < -0.39 is 5.91 Å². The highest BCUT2D eigenvalue weighted by Crippen LogP contribution is 2.21. The molecule has 15 heavy (non-hydrogen) atoms. The minimum atomic E-state index is -0.561. The Morgan fingerprint density at radius 1 is 1.60 bits per heavy atom. The van der Waals surface area contributed by atoms with Crippen molar-refractivity contribution in [1.29, 1.82) is 0 Å². The lowest BCUT2D eigenvalue weighted by Crippen LogP contribution is -2.13. The van der Waals surface area contributed by atoms with Gasteiger partial charge in [-0.2, -0.15) is 0 Å². The Labute approximate surface area is 86.3 Å². The van der Waals surface area contributed by atoms with Gasteiger partial charge in [-0.25, -0.2) is 4.98 Å². The van der Waals surface area contributed by atoms with Crippen molar-refractivity contribution in [2.24, 2.45) is 5.73 Å². The van der Waals surface area contributed by atoms with Gasteiger partial charge in [-0.05, 0) is 25.0 Å². The van der Waals surface area contributed by atoms with Crippen molar-refractivity contribution in [2.45, 2.75) is 20.3 Å². The van der Waals surface area contributed by atoms with Crippen LogP contribution in [0.25, 0.3) is 11.1 Å². The molecule has 0 unspecified atom stereocenters. The normalized spacial score (nSPS) is 10.8.